The molecule has 3 aromatic rings. The van der Waals surface area contributed by atoms with Gasteiger partial charge in [-0.05, 0) is 22.9 Å². The Labute approximate surface area is 98.2 Å². The van der Waals surface area contributed by atoms with E-state index in [9.17, 15) is 0 Å². The van der Waals surface area contributed by atoms with Gasteiger partial charge in [0, 0.05) is 0 Å². The van der Waals surface area contributed by atoms with E-state index in [4.69, 9.17) is 0 Å². The van der Waals surface area contributed by atoms with Crippen molar-refractivity contribution in [3.63, 3.8) is 0 Å². The van der Waals surface area contributed by atoms with E-state index in [-0.39, 0.29) is 0 Å². The van der Waals surface area contributed by atoms with Crippen LogP contribution in [0.25, 0.3) is 11.0 Å². The van der Waals surface area contributed by atoms with Crippen LogP contribution in [0.2, 0.25) is 0 Å². The third-order valence-corrected chi connectivity index (χ3v) is 2.45. The number of hydrogen-bond acceptors (Lipinski definition) is 3. The summed E-state index contributed by atoms with van der Waals surface area (Å²) in [5.41, 5.74) is 2.78. The lowest BCUT2D eigenvalue weighted by Crippen LogP contribution is -1.92. The van der Waals surface area contributed by atoms with Crippen molar-refractivity contribution >= 4 is 17.2 Å². The maximum atomic E-state index is 4.28. The highest BCUT2D eigenvalue weighted by molar-refractivity contribution is 5.80. The Morgan fingerprint density at radius 2 is 1.71 bits per heavy atom. The Morgan fingerprint density at radius 1 is 0.941 bits per heavy atom. The summed E-state index contributed by atoms with van der Waals surface area (Å²) in [6, 6.07) is 17.6. The van der Waals surface area contributed by atoms with Gasteiger partial charge in [-0.25, -0.2) is 0 Å². The average Bonchev–Trinajstić information content (AvgIpc) is 2.81. The van der Waals surface area contributed by atoms with Crippen molar-refractivity contribution in [3.8, 4) is 0 Å². The molecule has 1 heterocycles. The molecule has 0 aliphatic rings. The van der Waals surface area contributed by atoms with Crippen LogP contribution in [0, 0.1) is 0 Å². The third-order valence-electron chi connectivity index (χ3n) is 2.45. The molecular formula is C13H10N4. The Bertz CT molecular complexity index is 655. The monoisotopic (exact) mass is 222 g/mol. The van der Waals surface area contributed by atoms with Crippen molar-refractivity contribution in [1.29, 1.82) is 0 Å². The molecule has 4 nitrogen and oxygen atoms in total. The quantitative estimate of drug-likeness (QED) is 0.624. The lowest BCUT2D eigenvalue weighted by Gasteiger charge is -1.93. The summed E-state index contributed by atoms with van der Waals surface area (Å²) in [7, 11) is 0. The van der Waals surface area contributed by atoms with E-state index in [2.05, 4.69) is 15.4 Å². The molecule has 0 amide bonds. The van der Waals surface area contributed by atoms with E-state index in [1.165, 1.54) is 4.79 Å². The molecule has 0 saturated heterocycles. The minimum atomic E-state index is 0.845. The molecule has 0 spiro atoms. The summed E-state index contributed by atoms with van der Waals surface area (Å²) < 4.78 is 0. The first-order valence-electron chi connectivity index (χ1n) is 5.33. The minimum absolute atomic E-state index is 0.845. The molecule has 0 aliphatic carbocycles. The summed E-state index contributed by atoms with van der Waals surface area (Å²) in [6.07, 6.45) is 1.76. The predicted molar refractivity (Wildman–Crippen MR) is 67.0 cm³/mol. The highest BCUT2D eigenvalue weighted by Crippen LogP contribution is 2.09. The van der Waals surface area contributed by atoms with Crippen molar-refractivity contribution in [2.75, 3.05) is 0 Å². The van der Waals surface area contributed by atoms with Crippen LogP contribution in [0.5, 0.6) is 0 Å². The van der Waals surface area contributed by atoms with Gasteiger partial charge in [-0.1, -0.05) is 42.5 Å². The summed E-state index contributed by atoms with van der Waals surface area (Å²) in [6.45, 7) is 0. The van der Waals surface area contributed by atoms with Crippen LogP contribution in [0.3, 0.4) is 0 Å². The van der Waals surface area contributed by atoms with Crippen molar-refractivity contribution in [2.45, 2.75) is 0 Å². The van der Waals surface area contributed by atoms with Gasteiger partial charge in [0.2, 0.25) is 0 Å². The summed E-state index contributed by atoms with van der Waals surface area (Å²) >= 11 is 0. The molecule has 0 atom stereocenters. The lowest BCUT2D eigenvalue weighted by atomic mass is 10.2. The van der Waals surface area contributed by atoms with Gasteiger partial charge in [-0.3, -0.25) is 0 Å². The summed E-state index contributed by atoms with van der Waals surface area (Å²) in [4.78, 5) is 1.53. The third kappa shape index (κ3) is 1.92. The fourth-order valence-electron chi connectivity index (χ4n) is 1.60. The van der Waals surface area contributed by atoms with Gasteiger partial charge in [0.25, 0.3) is 0 Å². The van der Waals surface area contributed by atoms with E-state index in [1.54, 1.807) is 6.21 Å². The number of nitrogens with zero attached hydrogens (tertiary/aromatic N) is 4. The number of benzene rings is 2. The summed E-state index contributed by atoms with van der Waals surface area (Å²) in [5, 5.41) is 12.3. The molecule has 4 heteroatoms. The van der Waals surface area contributed by atoms with E-state index >= 15 is 0 Å². The zero-order valence-electron chi connectivity index (χ0n) is 9.06. The number of hydrogen-bond donors (Lipinski definition) is 0. The van der Waals surface area contributed by atoms with Gasteiger partial charge in [0.15, 0.2) is 0 Å². The fourth-order valence-corrected chi connectivity index (χ4v) is 1.60. The highest BCUT2D eigenvalue weighted by atomic mass is 15.6. The molecule has 0 saturated carbocycles. The second-order valence-corrected chi connectivity index (χ2v) is 3.62. The van der Waals surface area contributed by atoms with Crippen LogP contribution < -0.4 is 0 Å². The van der Waals surface area contributed by atoms with Crippen LogP contribution in [0.1, 0.15) is 5.56 Å². The predicted octanol–water partition coefficient (Wildman–Crippen LogP) is 2.31. The number of aromatic nitrogens is 3. The van der Waals surface area contributed by atoms with Crippen LogP contribution in [-0.2, 0) is 0 Å². The normalized spacial score (nSPS) is 11.3. The molecule has 0 aliphatic heterocycles. The van der Waals surface area contributed by atoms with Gasteiger partial charge < -0.3 is 0 Å². The zero-order valence-corrected chi connectivity index (χ0v) is 9.06. The molecule has 0 N–H and O–H groups in total. The van der Waals surface area contributed by atoms with E-state index < -0.39 is 0 Å². The van der Waals surface area contributed by atoms with E-state index in [0.717, 1.165) is 16.6 Å². The molecule has 1 aromatic heterocycles. The molecule has 3 rings (SSSR count). The fraction of sp³-hybridized carbons (Fsp3) is 0. The van der Waals surface area contributed by atoms with Crippen LogP contribution in [0.4, 0.5) is 0 Å². The van der Waals surface area contributed by atoms with Crippen molar-refractivity contribution in [1.82, 2.24) is 15.1 Å². The Balaban J connectivity index is 1.98. The smallest absolute Gasteiger partial charge is 0.115 e. The first-order valence-corrected chi connectivity index (χ1v) is 5.33. The molecule has 0 bridgehead atoms. The second kappa shape index (κ2) is 4.17. The largest absolute Gasteiger partial charge is 0.156 e. The van der Waals surface area contributed by atoms with Crippen LogP contribution in [0.15, 0.2) is 59.7 Å². The van der Waals surface area contributed by atoms with Gasteiger partial charge in [0.05, 0.1) is 6.21 Å². The van der Waals surface area contributed by atoms with E-state index in [0.29, 0.717) is 0 Å². The van der Waals surface area contributed by atoms with E-state index in [1.807, 2.05) is 54.6 Å². The molecule has 82 valence electrons. The van der Waals surface area contributed by atoms with Gasteiger partial charge >= 0.3 is 0 Å². The van der Waals surface area contributed by atoms with Crippen LogP contribution in [-0.4, -0.2) is 21.3 Å². The lowest BCUT2D eigenvalue weighted by molar-refractivity contribution is 0.718. The summed E-state index contributed by atoms with van der Waals surface area (Å²) in [5.74, 6) is 0. The highest BCUT2D eigenvalue weighted by Gasteiger charge is 2.00. The molecule has 2 aromatic carbocycles. The number of rotatable bonds is 2. The molecule has 17 heavy (non-hydrogen) atoms. The first-order chi connectivity index (χ1) is 8.43. The van der Waals surface area contributed by atoms with Crippen molar-refractivity contribution in [3.05, 3.63) is 60.2 Å². The first kappa shape index (κ1) is 9.72. The molecular weight excluding hydrogens is 212 g/mol. The molecule has 0 fully saturated rings. The standard InChI is InChI=1S/C13H10N4/c1-2-6-11(7-3-1)10-14-17-13-9-5-4-8-12(13)15-16-17/h1-10H/b14-10+. The molecule has 0 unspecified atom stereocenters. The molecule has 0 radical (unpaired) electrons. The van der Waals surface area contributed by atoms with Crippen LogP contribution >= 0.6 is 0 Å². The van der Waals surface area contributed by atoms with Gasteiger partial charge in [-0.15, -0.1) is 9.89 Å². The number of fused-ring (bicyclic) bond motifs is 1. The SMILES string of the molecule is C(=N\n1nnc2ccccc21)/c1ccccc1. The Kier molecular flexibility index (Phi) is 2.38. The maximum absolute atomic E-state index is 4.28. The van der Waals surface area contributed by atoms with Crippen molar-refractivity contribution in [2.24, 2.45) is 5.10 Å². The van der Waals surface area contributed by atoms with Crippen molar-refractivity contribution < 1.29 is 0 Å². The topological polar surface area (TPSA) is 43.1 Å². The van der Waals surface area contributed by atoms with Gasteiger partial charge in [0.1, 0.15) is 11.0 Å². The average molecular weight is 222 g/mol. The second-order valence-electron chi connectivity index (χ2n) is 3.62. The van der Waals surface area contributed by atoms with Gasteiger partial charge in [-0.2, -0.15) is 5.10 Å². The Hall–Kier alpha value is -2.49. The maximum Gasteiger partial charge on any atom is 0.115 e. The number of para-hydroxylation sites is 1. The Morgan fingerprint density at radius 3 is 2.59 bits per heavy atom. The minimum Gasteiger partial charge on any atom is -0.156 e. The zero-order chi connectivity index (χ0) is 11.5.